The second-order valence-corrected chi connectivity index (χ2v) is 6.88. The Bertz CT molecular complexity index is 562. The van der Waals surface area contributed by atoms with E-state index in [1.807, 2.05) is 32.2 Å². The van der Waals surface area contributed by atoms with Gasteiger partial charge in [-0.05, 0) is 50.2 Å². The Balaban J connectivity index is 0.00000338. The summed E-state index contributed by atoms with van der Waals surface area (Å²) in [7, 11) is 3.89. The lowest BCUT2D eigenvalue weighted by Gasteiger charge is -2.24. The number of aryl methyl sites for hydroxylation is 1. The molecule has 1 aromatic rings. The van der Waals surface area contributed by atoms with E-state index in [1.165, 1.54) is 12.8 Å². The smallest absolute Gasteiger partial charge is 0.193 e. The van der Waals surface area contributed by atoms with E-state index in [-0.39, 0.29) is 24.0 Å². The van der Waals surface area contributed by atoms with Crippen molar-refractivity contribution in [1.82, 2.24) is 10.2 Å². The van der Waals surface area contributed by atoms with Crippen LogP contribution in [0, 0.1) is 12.3 Å². The normalized spacial score (nSPS) is 15.2. The van der Waals surface area contributed by atoms with Gasteiger partial charge in [0.05, 0.1) is 6.54 Å². The van der Waals surface area contributed by atoms with Gasteiger partial charge >= 0.3 is 0 Å². The van der Waals surface area contributed by atoms with Crippen molar-refractivity contribution in [3.63, 3.8) is 0 Å². The predicted molar refractivity (Wildman–Crippen MR) is 119 cm³/mol. The molecule has 0 bridgehead atoms. The Morgan fingerprint density at radius 1 is 1.27 bits per heavy atom. The molecule has 1 N–H and O–H groups in total. The molecule has 1 aliphatic carbocycles. The molecule has 1 aromatic carbocycles. The molecule has 0 atom stereocenters. The zero-order valence-electron chi connectivity index (χ0n) is 16.6. The molecule has 5 nitrogen and oxygen atoms in total. The van der Waals surface area contributed by atoms with E-state index in [9.17, 15) is 0 Å². The molecule has 0 aliphatic heterocycles. The van der Waals surface area contributed by atoms with Crippen molar-refractivity contribution in [1.29, 1.82) is 0 Å². The van der Waals surface area contributed by atoms with Crippen molar-refractivity contribution in [3.05, 3.63) is 29.8 Å². The van der Waals surface area contributed by atoms with Gasteiger partial charge in [0.25, 0.3) is 0 Å². The number of hydrogen-bond donors (Lipinski definition) is 1. The number of para-hydroxylation sites is 1. The summed E-state index contributed by atoms with van der Waals surface area (Å²) in [5.41, 5.74) is 1.57. The van der Waals surface area contributed by atoms with E-state index in [1.54, 1.807) is 0 Å². The van der Waals surface area contributed by atoms with Crippen molar-refractivity contribution in [2.75, 3.05) is 47.0 Å². The Morgan fingerprint density at radius 2 is 2.00 bits per heavy atom. The number of likely N-dealkylation sites (N-methyl/N-ethyl adjacent to an activating group) is 1. The summed E-state index contributed by atoms with van der Waals surface area (Å²) in [5.74, 6) is 1.88. The van der Waals surface area contributed by atoms with Gasteiger partial charge in [-0.25, -0.2) is 0 Å². The Morgan fingerprint density at radius 3 is 2.62 bits per heavy atom. The zero-order valence-corrected chi connectivity index (χ0v) is 18.9. The van der Waals surface area contributed by atoms with E-state index in [0.29, 0.717) is 12.0 Å². The maximum Gasteiger partial charge on any atom is 0.193 e. The van der Waals surface area contributed by atoms with Crippen LogP contribution in [-0.2, 0) is 4.74 Å². The van der Waals surface area contributed by atoms with Gasteiger partial charge in [0.2, 0.25) is 0 Å². The third kappa shape index (κ3) is 7.31. The molecule has 0 spiro atoms. The Labute approximate surface area is 175 Å². The first-order chi connectivity index (χ1) is 12.1. The van der Waals surface area contributed by atoms with Crippen LogP contribution < -0.4 is 10.1 Å². The van der Waals surface area contributed by atoms with E-state index in [2.05, 4.69) is 35.2 Å². The topological polar surface area (TPSA) is 46.1 Å². The first-order valence-corrected chi connectivity index (χ1v) is 9.28. The number of nitrogens with zero attached hydrogens (tertiary/aromatic N) is 2. The van der Waals surface area contributed by atoms with Gasteiger partial charge in [0, 0.05) is 33.9 Å². The summed E-state index contributed by atoms with van der Waals surface area (Å²) in [6, 6.07) is 8.11. The van der Waals surface area contributed by atoms with Crippen LogP contribution in [0.3, 0.4) is 0 Å². The molecule has 1 fully saturated rings. The highest BCUT2D eigenvalue weighted by Crippen LogP contribution is 2.48. The lowest BCUT2D eigenvalue weighted by molar-refractivity contribution is 0.128. The third-order valence-corrected chi connectivity index (χ3v) is 4.91. The summed E-state index contributed by atoms with van der Waals surface area (Å²) < 4.78 is 11.4. The average Bonchev–Trinajstić information content (AvgIpc) is 3.37. The molecule has 0 aromatic heterocycles. The highest BCUT2D eigenvalue weighted by atomic mass is 127. The van der Waals surface area contributed by atoms with Gasteiger partial charge in [0.1, 0.15) is 12.4 Å². The fraction of sp³-hybridized carbons (Fsp3) is 0.650. The molecule has 26 heavy (non-hydrogen) atoms. The molecular weight excluding hydrogens is 441 g/mol. The minimum absolute atomic E-state index is 0. The van der Waals surface area contributed by atoms with Gasteiger partial charge in [0.15, 0.2) is 5.96 Å². The summed E-state index contributed by atoms with van der Waals surface area (Å²) in [6.45, 7) is 8.17. The second kappa shape index (κ2) is 11.6. The number of ether oxygens (including phenoxy) is 2. The van der Waals surface area contributed by atoms with Crippen LogP contribution >= 0.6 is 24.0 Å². The number of nitrogens with one attached hydrogen (secondary N) is 1. The number of rotatable bonds is 10. The fourth-order valence-corrected chi connectivity index (χ4v) is 2.89. The molecule has 0 saturated heterocycles. The number of guanidine groups is 1. The van der Waals surface area contributed by atoms with Gasteiger partial charge in [-0.3, -0.25) is 4.99 Å². The lowest BCUT2D eigenvalue weighted by atomic mass is 10.0. The maximum atomic E-state index is 5.88. The van der Waals surface area contributed by atoms with E-state index in [4.69, 9.17) is 9.47 Å². The maximum absolute atomic E-state index is 5.88. The largest absolute Gasteiger partial charge is 0.491 e. The van der Waals surface area contributed by atoms with Crippen molar-refractivity contribution in [2.24, 2.45) is 10.4 Å². The van der Waals surface area contributed by atoms with Crippen LogP contribution in [0.1, 0.15) is 31.7 Å². The summed E-state index contributed by atoms with van der Waals surface area (Å²) in [6.07, 6.45) is 3.69. The van der Waals surface area contributed by atoms with Crippen LogP contribution in [0.4, 0.5) is 0 Å². The van der Waals surface area contributed by atoms with Crippen molar-refractivity contribution in [2.45, 2.75) is 33.1 Å². The van der Waals surface area contributed by atoms with Crippen LogP contribution in [-0.4, -0.2) is 57.9 Å². The first-order valence-electron chi connectivity index (χ1n) is 9.28. The standard InChI is InChI=1S/C20H33N3O2.HI/c1-5-24-14-12-20(10-11-20)16-22-19(21-3)23(4)13-15-25-18-9-7-6-8-17(18)2;/h6-9H,5,10-16H2,1-4H3,(H,21,22);1H. The average molecular weight is 475 g/mol. The molecule has 0 radical (unpaired) electrons. The number of hydrogen-bond acceptors (Lipinski definition) is 3. The SMILES string of the molecule is CCOCCC1(CNC(=NC)N(C)CCOc2ccccc2C)CC1.I. The summed E-state index contributed by atoms with van der Waals surface area (Å²) >= 11 is 0. The number of aliphatic imine (C=N–C) groups is 1. The van der Waals surface area contributed by atoms with Gasteiger partial charge in [-0.1, -0.05) is 18.2 Å². The third-order valence-electron chi connectivity index (χ3n) is 4.91. The van der Waals surface area contributed by atoms with Crippen LogP contribution in [0.5, 0.6) is 5.75 Å². The summed E-state index contributed by atoms with van der Waals surface area (Å²) in [5, 5.41) is 3.52. The van der Waals surface area contributed by atoms with E-state index in [0.717, 1.165) is 50.0 Å². The molecule has 0 heterocycles. The summed E-state index contributed by atoms with van der Waals surface area (Å²) in [4.78, 5) is 6.53. The fourth-order valence-electron chi connectivity index (χ4n) is 2.89. The van der Waals surface area contributed by atoms with Crippen molar-refractivity contribution >= 4 is 29.9 Å². The Hall–Kier alpha value is -1.02. The first kappa shape index (κ1) is 23.0. The van der Waals surface area contributed by atoms with Crippen molar-refractivity contribution < 1.29 is 9.47 Å². The molecule has 2 rings (SSSR count). The quantitative estimate of drug-likeness (QED) is 0.243. The predicted octanol–water partition coefficient (Wildman–Crippen LogP) is 3.71. The second-order valence-electron chi connectivity index (χ2n) is 6.88. The van der Waals surface area contributed by atoms with Gasteiger partial charge < -0.3 is 19.7 Å². The van der Waals surface area contributed by atoms with Crippen LogP contribution in [0.25, 0.3) is 0 Å². The van der Waals surface area contributed by atoms with Gasteiger partial charge in [-0.15, -0.1) is 24.0 Å². The zero-order chi connectivity index (χ0) is 18.1. The number of benzene rings is 1. The minimum Gasteiger partial charge on any atom is -0.491 e. The van der Waals surface area contributed by atoms with Crippen LogP contribution in [0.15, 0.2) is 29.3 Å². The Kier molecular flexibility index (Phi) is 10.3. The molecule has 6 heteroatoms. The highest BCUT2D eigenvalue weighted by Gasteiger charge is 2.42. The molecule has 1 aliphatic rings. The van der Waals surface area contributed by atoms with E-state index < -0.39 is 0 Å². The highest BCUT2D eigenvalue weighted by molar-refractivity contribution is 14.0. The molecule has 1 saturated carbocycles. The van der Waals surface area contributed by atoms with Gasteiger partial charge in [-0.2, -0.15) is 0 Å². The molecule has 0 amide bonds. The molecule has 0 unspecified atom stereocenters. The lowest BCUT2D eigenvalue weighted by Crippen LogP contribution is -2.43. The van der Waals surface area contributed by atoms with Crippen LogP contribution in [0.2, 0.25) is 0 Å². The number of halogens is 1. The van der Waals surface area contributed by atoms with Crippen molar-refractivity contribution in [3.8, 4) is 5.75 Å². The molecular formula is C20H34IN3O2. The monoisotopic (exact) mass is 475 g/mol. The molecule has 148 valence electrons. The minimum atomic E-state index is 0. The van der Waals surface area contributed by atoms with E-state index >= 15 is 0 Å².